The van der Waals surface area contributed by atoms with Gasteiger partial charge in [-0.05, 0) is 0 Å². The van der Waals surface area contributed by atoms with Crippen LogP contribution < -0.4 is 5.73 Å². The van der Waals surface area contributed by atoms with Gasteiger partial charge in [-0.25, -0.2) is 15.0 Å². The molecule has 3 atom stereocenters. The fourth-order valence-corrected chi connectivity index (χ4v) is 2.20. The average Bonchev–Trinajstić information content (AvgIpc) is 2.92. The van der Waals surface area contributed by atoms with Crippen LogP contribution in [0.4, 0.5) is 5.82 Å². The quantitative estimate of drug-likeness (QED) is 0.497. The standard InChI is InChI=1S/C10H13N5O4/c11-8-7-9(13-3-12-8)15(4-14-7)10(18)1-5(17)6(2-16)19-10/h3-6,16-18H,1-2H2,(H2,11,12,13)/t5-,6+,10-/m1/s1. The lowest BCUT2D eigenvalue weighted by atomic mass is 10.2. The van der Waals surface area contributed by atoms with E-state index >= 15 is 0 Å². The number of imidazole rings is 1. The normalized spacial score (nSPS) is 31.1. The number of anilines is 1. The molecule has 3 rings (SSSR count). The summed E-state index contributed by atoms with van der Waals surface area (Å²) in [5.41, 5.74) is 6.28. The zero-order valence-corrected chi connectivity index (χ0v) is 9.84. The van der Waals surface area contributed by atoms with E-state index in [0.717, 1.165) is 0 Å². The molecule has 9 nitrogen and oxygen atoms in total. The van der Waals surface area contributed by atoms with Crippen molar-refractivity contribution in [1.82, 2.24) is 19.5 Å². The number of nitrogen functional groups attached to an aromatic ring is 1. The number of hydrogen-bond acceptors (Lipinski definition) is 8. The number of hydrogen-bond donors (Lipinski definition) is 4. The molecule has 2 aromatic heterocycles. The molecule has 0 unspecified atom stereocenters. The Kier molecular flexibility index (Phi) is 2.64. The van der Waals surface area contributed by atoms with E-state index in [-0.39, 0.29) is 12.2 Å². The summed E-state index contributed by atoms with van der Waals surface area (Å²) in [4.78, 5) is 11.8. The van der Waals surface area contributed by atoms with Crippen LogP contribution >= 0.6 is 0 Å². The van der Waals surface area contributed by atoms with Crippen molar-refractivity contribution in [3.63, 3.8) is 0 Å². The van der Waals surface area contributed by atoms with E-state index in [0.29, 0.717) is 11.2 Å². The third-order valence-corrected chi connectivity index (χ3v) is 3.16. The molecule has 1 saturated heterocycles. The molecule has 5 N–H and O–H groups in total. The van der Waals surface area contributed by atoms with Gasteiger partial charge in [0, 0.05) is 0 Å². The number of nitrogens with two attached hydrogens (primary N) is 1. The molecule has 0 spiro atoms. The second kappa shape index (κ2) is 4.10. The maximum absolute atomic E-state index is 10.4. The number of nitrogens with zero attached hydrogens (tertiary/aromatic N) is 4. The number of aliphatic hydroxyl groups is 3. The van der Waals surface area contributed by atoms with E-state index in [2.05, 4.69) is 15.0 Å². The van der Waals surface area contributed by atoms with Crippen molar-refractivity contribution in [2.24, 2.45) is 0 Å². The lowest BCUT2D eigenvalue weighted by Gasteiger charge is -2.23. The molecule has 2 aromatic rings. The lowest BCUT2D eigenvalue weighted by molar-refractivity contribution is -0.254. The zero-order valence-electron chi connectivity index (χ0n) is 9.84. The number of ether oxygens (including phenoxy) is 1. The van der Waals surface area contributed by atoms with Crippen LogP contribution in [0.15, 0.2) is 12.7 Å². The van der Waals surface area contributed by atoms with Crippen molar-refractivity contribution in [1.29, 1.82) is 0 Å². The van der Waals surface area contributed by atoms with Gasteiger partial charge in [-0.15, -0.1) is 0 Å². The van der Waals surface area contributed by atoms with Crippen LogP contribution in [-0.4, -0.2) is 53.7 Å². The molecular formula is C10H13N5O4. The van der Waals surface area contributed by atoms with Crippen molar-refractivity contribution < 1.29 is 20.1 Å². The molecule has 0 aliphatic carbocycles. The minimum atomic E-state index is -1.82. The number of fused-ring (bicyclic) bond motifs is 1. The fourth-order valence-electron chi connectivity index (χ4n) is 2.20. The number of aliphatic hydroxyl groups excluding tert-OH is 2. The molecule has 0 bridgehead atoms. The van der Waals surface area contributed by atoms with E-state index in [9.17, 15) is 10.2 Å². The first-order chi connectivity index (χ1) is 9.05. The monoisotopic (exact) mass is 267 g/mol. The molecule has 0 radical (unpaired) electrons. The highest BCUT2D eigenvalue weighted by Crippen LogP contribution is 2.34. The van der Waals surface area contributed by atoms with Gasteiger partial charge in [0.2, 0.25) is 0 Å². The molecule has 0 amide bonds. The minimum absolute atomic E-state index is 0.104. The van der Waals surface area contributed by atoms with Gasteiger partial charge in [0.15, 0.2) is 11.5 Å². The molecule has 3 heterocycles. The number of rotatable bonds is 2. The van der Waals surface area contributed by atoms with Gasteiger partial charge in [-0.2, -0.15) is 0 Å². The summed E-state index contributed by atoms with van der Waals surface area (Å²) in [5.74, 6) is -1.63. The summed E-state index contributed by atoms with van der Waals surface area (Å²) in [6, 6.07) is 0. The summed E-state index contributed by atoms with van der Waals surface area (Å²) in [7, 11) is 0. The van der Waals surface area contributed by atoms with E-state index < -0.39 is 24.7 Å². The minimum Gasteiger partial charge on any atom is -0.394 e. The largest absolute Gasteiger partial charge is 0.394 e. The second-order valence-corrected chi connectivity index (χ2v) is 4.40. The third-order valence-electron chi connectivity index (χ3n) is 3.16. The van der Waals surface area contributed by atoms with Crippen LogP contribution in [-0.2, 0) is 10.6 Å². The molecule has 19 heavy (non-hydrogen) atoms. The molecular weight excluding hydrogens is 254 g/mol. The Balaban J connectivity index is 2.08. The molecule has 0 aromatic carbocycles. The fraction of sp³-hybridized carbons (Fsp3) is 0.500. The second-order valence-electron chi connectivity index (χ2n) is 4.40. The molecule has 1 fully saturated rings. The first kappa shape index (κ1) is 12.2. The van der Waals surface area contributed by atoms with Crippen LogP contribution in [0.25, 0.3) is 11.2 Å². The molecule has 1 aliphatic heterocycles. The highest BCUT2D eigenvalue weighted by atomic mass is 16.7. The Morgan fingerprint density at radius 3 is 2.95 bits per heavy atom. The van der Waals surface area contributed by atoms with Crippen molar-refractivity contribution in [3.05, 3.63) is 12.7 Å². The van der Waals surface area contributed by atoms with E-state index in [1.807, 2.05) is 0 Å². The Morgan fingerprint density at radius 1 is 1.47 bits per heavy atom. The maximum atomic E-state index is 10.4. The van der Waals surface area contributed by atoms with Gasteiger partial charge in [0.05, 0.1) is 19.1 Å². The van der Waals surface area contributed by atoms with Crippen LogP contribution in [0.5, 0.6) is 0 Å². The predicted octanol–water partition coefficient (Wildman–Crippen LogP) is -1.85. The van der Waals surface area contributed by atoms with Crippen LogP contribution in [0.2, 0.25) is 0 Å². The van der Waals surface area contributed by atoms with E-state index in [1.165, 1.54) is 17.2 Å². The summed E-state index contributed by atoms with van der Waals surface area (Å²) in [5, 5.41) is 29.2. The van der Waals surface area contributed by atoms with Gasteiger partial charge in [-0.3, -0.25) is 4.57 Å². The van der Waals surface area contributed by atoms with Crippen molar-refractivity contribution >= 4 is 17.0 Å². The maximum Gasteiger partial charge on any atom is 0.258 e. The first-order valence-corrected chi connectivity index (χ1v) is 5.68. The number of aromatic nitrogens is 4. The SMILES string of the molecule is Nc1ncnc2c1ncn2[C@@]1(O)C[C@@H](O)[C@H](CO)O1. The molecule has 0 saturated carbocycles. The van der Waals surface area contributed by atoms with Gasteiger partial charge in [0.25, 0.3) is 5.91 Å². The van der Waals surface area contributed by atoms with Crippen LogP contribution in [0.1, 0.15) is 6.42 Å². The van der Waals surface area contributed by atoms with Crippen molar-refractivity contribution in [3.8, 4) is 0 Å². The van der Waals surface area contributed by atoms with Gasteiger partial charge >= 0.3 is 0 Å². The van der Waals surface area contributed by atoms with Crippen molar-refractivity contribution in [2.75, 3.05) is 12.3 Å². The summed E-state index contributed by atoms with van der Waals surface area (Å²) < 4.78 is 6.54. The van der Waals surface area contributed by atoms with Crippen LogP contribution in [0.3, 0.4) is 0 Å². The Bertz CT molecular complexity index is 617. The Labute approximate surface area is 107 Å². The van der Waals surface area contributed by atoms with Crippen LogP contribution in [0, 0.1) is 0 Å². The van der Waals surface area contributed by atoms with E-state index in [4.69, 9.17) is 15.6 Å². The summed E-state index contributed by atoms with van der Waals surface area (Å²) in [6.07, 6.45) is 0.609. The molecule has 1 aliphatic rings. The van der Waals surface area contributed by atoms with Crippen molar-refractivity contribution in [2.45, 2.75) is 24.5 Å². The highest BCUT2D eigenvalue weighted by Gasteiger charge is 2.47. The summed E-state index contributed by atoms with van der Waals surface area (Å²) in [6.45, 7) is -0.396. The Morgan fingerprint density at radius 2 is 2.26 bits per heavy atom. The zero-order chi connectivity index (χ0) is 13.6. The van der Waals surface area contributed by atoms with Gasteiger partial charge in [0.1, 0.15) is 24.3 Å². The topological polar surface area (TPSA) is 140 Å². The predicted molar refractivity (Wildman–Crippen MR) is 62.5 cm³/mol. The smallest absolute Gasteiger partial charge is 0.258 e. The lowest BCUT2D eigenvalue weighted by Crippen LogP contribution is -2.33. The average molecular weight is 267 g/mol. The molecule has 9 heteroatoms. The Hall–Kier alpha value is -1.81. The van der Waals surface area contributed by atoms with Gasteiger partial charge < -0.3 is 25.8 Å². The van der Waals surface area contributed by atoms with E-state index in [1.54, 1.807) is 0 Å². The third kappa shape index (κ3) is 1.75. The molecule has 102 valence electrons. The highest BCUT2D eigenvalue weighted by molar-refractivity contribution is 5.81. The van der Waals surface area contributed by atoms with Gasteiger partial charge in [-0.1, -0.05) is 0 Å². The summed E-state index contributed by atoms with van der Waals surface area (Å²) >= 11 is 0. The first-order valence-electron chi connectivity index (χ1n) is 5.68.